The minimum atomic E-state index is -0.436. The number of carbonyl (C=O) groups is 1. The molecule has 2 aromatic rings. The number of Topliss-reactive ketones (excluding diaryl/α,β-unsaturated/α-hetero) is 1. The molecule has 0 bridgehead atoms. The summed E-state index contributed by atoms with van der Waals surface area (Å²) >= 11 is 7.27. The van der Waals surface area contributed by atoms with Crippen LogP contribution in [0.5, 0.6) is 5.75 Å². The van der Waals surface area contributed by atoms with Crippen molar-refractivity contribution in [2.75, 3.05) is 6.61 Å². The molecule has 19 heavy (non-hydrogen) atoms. The summed E-state index contributed by atoms with van der Waals surface area (Å²) in [7, 11) is 0. The lowest BCUT2D eigenvalue weighted by atomic mass is 10.3. The van der Waals surface area contributed by atoms with Gasteiger partial charge in [0.05, 0.1) is 9.90 Å². The number of thiophene rings is 1. The second-order valence-corrected chi connectivity index (χ2v) is 5.48. The van der Waals surface area contributed by atoms with Crippen molar-refractivity contribution < 1.29 is 13.9 Å². The Morgan fingerprint density at radius 3 is 2.79 bits per heavy atom. The quantitative estimate of drug-likeness (QED) is 0.766. The van der Waals surface area contributed by atoms with Gasteiger partial charge in [-0.25, -0.2) is 4.39 Å². The first kappa shape index (κ1) is 14.0. The maximum atomic E-state index is 12.8. The Bertz CT molecular complexity index is 595. The Morgan fingerprint density at radius 1 is 1.37 bits per heavy atom. The second kappa shape index (κ2) is 6.17. The van der Waals surface area contributed by atoms with Gasteiger partial charge in [-0.3, -0.25) is 4.79 Å². The largest absolute Gasteiger partial charge is 0.484 e. The van der Waals surface area contributed by atoms with Gasteiger partial charge in [-0.05, 0) is 36.8 Å². The molecule has 2 rings (SSSR count). The van der Waals surface area contributed by atoms with Gasteiger partial charge in [0.1, 0.15) is 11.6 Å². The van der Waals surface area contributed by atoms with Gasteiger partial charge in [0, 0.05) is 4.88 Å². The molecule has 0 aliphatic rings. The van der Waals surface area contributed by atoms with Crippen LogP contribution in [-0.4, -0.2) is 12.4 Å². The molecular formula is C14H12ClFO2S. The van der Waals surface area contributed by atoms with Crippen LogP contribution in [0.15, 0.2) is 30.3 Å². The van der Waals surface area contributed by atoms with Crippen molar-refractivity contribution in [2.24, 2.45) is 0 Å². The number of ketones is 1. The van der Waals surface area contributed by atoms with Gasteiger partial charge >= 0.3 is 0 Å². The van der Waals surface area contributed by atoms with E-state index in [1.54, 1.807) is 6.07 Å². The summed E-state index contributed by atoms with van der Waals surface area (Å²) in [6, 6.07) is 7.54. The van der Waals surface area contributed by atoms with Crippen molar-refractivity contribution in [1.29, 1.82) is 0 Å². The van der Waals surface area contributed by atoms with Crippen LogP contribution in [-0.2, 0) is 6.42 Å². The molecule has 0 saturated heterocycles. The molecule has 1 aromatic heterocycles. The van der Waals surface area contributed by atoms with E-state index in [1.165, 1.54) is 23.5 Å². The smallest absolute Gasteiger partial charge is 0.210 e. The summed E-state index contributed by atoms with van der Waals surface area (Å²) in [6.07, 6.45) is 0.905. The molecule has 0 atom stereocenters. The second-order valence-electron chi connectivity index (χ2n) is 3.91. The van der Waals surface area contributed by atoms with Crippen LogP contribution in [0.1, 0.15) is 21.5 Å². The first-order valence-electron chi connectivity index (χ1n) is 5.80. The monoisotopic (exact) mass is 298 g/mol. The molecule has 2 nitrogen and oxygen atoms in total. The standard InChI is InChI=1S/C14H12ClFO2S/c1-2-10-4-6-14(19-10)12(17)8-18-13-5-3-9(16)7-11(13)15/h3-7H,2,8H2,1H3. The molecule has 0 aliphatic heterocycles. The summed E-state index contributed by atoms with van der Waals surface area (Å²) in [5.74, 6) is -0.233. The van der Waals surface area contributed by atoms with E-state index in [9.17, 15) is 9.18 Å². The molecule has 1 aromatic carbocycles. The lowest BCUT2D eigenvalue weighted by Gasteiger charge is -2.06. The molecule has 0 aliphatic carbocycles. The first-order valence-corrected chi connectivity index (χ1v) is 6.99. The zero-order valence-corrected chi connectivity index (χ0v) is 11.9. The number of halogens is 2. The van der Waals surface area contributed by atoms with Crippen molar-refractivity contribution in [3.05, 3.63) is 50.9 Å². The van der Waals surface area contributed by atoms with Gasteiger partial charge in [-0.1, -0.05) is 18.5 Å². The van der Waals surface area contributed by atoms with E-state index < -0.39 is 5.82 Å². The number of aryl methyl sites for hydroxylation is 1. The molecule has 0 N–H and O–H groups in total. The van der Waals surface area contributed by atoms with Gasteiger partial charge in [-0.2, -0.15) is 0 Å². The normalized spacial score (nSPS) is 10.5. The predicted molar refractivity (Wildman–Crippen MR) is 74.9 cm³/mol. The van der Waals surface area contributed by atoms with Crippen molar-refractivity contribution in [3.63, 3.8) is 0 Å². The molecule has 0 spiro atoms. The van der Waals surface area contributed by atoms with Crippen molar-refractivity contribution in [3.8, 4) is 5.75 Å². The van der Waals surface area contributed by atoms with Crippen LogP contribution in [0.3, 0.4) is 0 Å². The summed E-state index contributed by atoms with van der Waals surface area (Å²) in [4.78, 5) is 13.7. The van der Waals surface area contributed by atoms with Gasteiger partial charge in [0.15, 0.2) is 6.61 Å². The Labute approximate surface area is 119 Å². The minimum Gasteiger partial charge on any atom is -0.484 e. The lowest BCUT2D eigenvalue weighted by Crippen LogP contribution is -2.10. The highest BCUT2D eigenvalue weighted by Crippen LogP contribution is 2.25. The van der Waals surface area contributed by atoms with Crippen LogP contribution >= 0.6 is 22.9 Å². The van der Waals surface area contributed by atoms with E-state index in [4.69, 9.17) is 16.3 Å². The van der Waals surface area contributed by atoms with E-state index >= 15 is 0 Å². The van der Waals surface area contributed by atoms with Crippen LogP contribution < -0.4 is 4.74 Å². The topological polar surface area (TPSA) is 26.3 Å². The molecular weight excluding hydrogens is 287 g/mol. The van der Waals surface area contributed by atoms with Crippen LogP contribution in [0.4, 0.5) is 4.39 Å². The maximum Gasteiger partial charge on any atom is 0.210 e. The summed E-state index contributed by atoms with van der Waals surface area (Å²) in [6.45, 7) is 1.93. The van der Waals surface area contributed by atoms with E-state index in [0.717, 1.165) is 17.4 Å². The Morgan fingerprint density at radius 2 is 2.16 bits per heavy atom. The number of ether oxygens (including phenoxy) is 1. The van der Waals surface area contributed by atoms with Crippen molar-refractivity contribution in [1.82, 2.24) is 0 Å². The Hall–Kier alpha value is -1.39. The fourth-order valence-corrected chi connectivity index (χ4v) is 2.62. The highest BCUT2D eigenvalue weighted by atomic mass is 35.5. The van der Waals surface area contributed by atoms with E-state index in [2.05, 4.69) is 0 Å². The highest BCUT2D eigenvalue weighted by molar-refractivity contribution is 7.14. The molecule has 0 amide bonds. The van der Waals surface area contributed by atoms with E-state index in [-0.39, 0.29) is 17.4 Å². The maximum absolute atomic E-state index is 12.8. The van der Waals surface area contributed by atoms with Crippen LogP contribution in [0, 0.1) is 5.82 Å². The van der Waals surface area contributed by atoms with Gasteiger partial charge in [0.25, 0.3) is 0 Å². The van der Waals surface area contributed by atoms with Gasteiger partial charge in [-0.15, -0.1) is 11.3 Å². The van der Waals surface area contributed by atoms with Crippen LogP contribution in [0.2, 0.25) is 5.02 Å². The third-order valence-electron chi connectivity index (χ3n) is 2.54. The fourth-order valence-electron chi connectivity index (χ4n) is 1.52. The lowest BCUT2D eigenvalue weighted by molar-refractivity contribution is 0.0925. The predicted octanol–water partition coefficient (Wildman–Crippen LogP) is 4.36. The highest BCUT2D eigenvalue weighted by Gasteiger charge is 2.11. The molecule has 5 heteroatoms. The van der Waals surface area contributed by atoms with Gasteiger partial charge < -0.3 is 4.74 Å². The molecule has 100 valence electrons. The summed E-state index contributed by atoms with van der Waals surface area (Å²) < 4.78 is 18.2. The zero-order chi connectivity index (χ0) is 13.8. The van der Waals surface area contributed by atoms with Gasteiger partial charge in [0.2, 0.25) is 5.78 Å². The SMILES string of the molecule is CCc1ccc(C(=O)COc2ccc(F)cc2Cl)s1. The number of rotatable bonds is 5. The first-order chi connectivity index (χ1) is 9.10. The third-order valence-corrected chi connectivity index (χ3v) is 4.10. The fraction of sp³-hybridized carbons (Fsp3) is 0.214. The van der Waals surface area contributed by atoms with Crippen LogP contribution in [0.25, 0.3) is 0 Å². The minimum absolute atomic E-state index is 0.102. The Kier molecular flexibility index (Phi) is 4.56. The average molecular weight is 299 g/mol. The van der Waals surface area contributed by atoms with Crippen molar-refractivity contribution >= 4 is 28.7 Å². The number of hydrogen-bond donors (Lipinski definition) is 0. The number of benzene rings is 1. The summed E-state index contributed by atoms with van der Waals surface area (Å²) in [5, 5.41) is 0.160. The molecule has 0 unspecified atom stereocenters. The molecule has 1 heterocycles. The Balaban J connectivity index is 2.00. The number of carbonyl (C=O) groups excluding carboxylic acids is 1. The third kappa shape index (κ3) is 3.55. The number of hydrogen-bond acceptors (Lipinski definition) is 3. The zero-order valence-electron chi connectivity index (χ0n) is 10.3. The average Bonchev–Trinajstić information content (AvgIpc) is 2.86. The molecule has 0 fully saturated rings. The molecule has 0 saturated carbocycles. The van der Waals surface area contributed by atoms with E-state index in [1.807, 2.05) is 13.0 Å². The van der Waals surface area contributed by atoms with Crippen molar-refractivity contribution in [2.45, 2.75) is 13.3 Å². The van der Waals surface area contributed by atoms with E-state index in [0.29, 0.717) is 10.6 Å². The molecule has 0 radical (unpaired) electrons. The summed E-state index contributed by atoms with van der Waals surface area (Å²) in [5.41, 5.74) is 0.